The first-order valence-corrected chi connectivity index (χ1v) is 4.99. The van der Waals surface area contributed by atoms with Gasteiger partial charge in [0, 0.05) is 0 Å². The highest BCUT2D eigenvalue weighted by atomic mass is 16.7. The first kappa shape index (κ1) is 18.2. The molecule has 0 aromatic carbocycles. The molecule has 0 aromatic rings. The first-order valence-electron chi connectivity index (χ1n) is 4.99. The molecule has 1 saturated carbocycles. The fourth-order valence-corrected chi connectivity index (χ4v) is 1.33. The second-order valence-electron chi connectivity index (χ2n) is 3.21. The highest BCUT2D eigenvalue weighted by Gasteiger charge is 2.16. The average molecular weight is 268 g/mol. The largest absolute Gasteiger partial charge is 0.506 e. The Morgan fingerprint density at radius 2 is 1.11 bits per heavy atom. The van der Waals surface area contributed by atoms with Crippen molar-refractivity contribution >= 4 is 18.5 Å². The molecular weight excluding hydrogens is 252 g/mol. The van der Waals surface area contributed by atoms with Gasteiger partial charge in [0.15, 0.2) is 0 Å². The van der Waals surface area contributed by atoms with E-state index in [1.807, 2.05) is 0 Å². The van der Waals surface area contributed by atoms with Gasteiger partial charge in [-0.2, -0.15) is 0 Å². The molecule has 0 spiro atoms. The number of carbonyl (C=O) groups is 3. The van der Waals surface area contributed by atoms with E-state index < -0.39 is 18.5 Å². The first-order chi connectivity index (χ1) is 8.25. The van der Waals surface area contributed by atoms with Gasteiger partial charge in [-0.25, -0.2) is 14.4 Å². The molecule has 0 aromatic heterocycles. The van der Waals surface area contributed by atoms with Crippen LogP contribution in [0, 0.1) is 0 Å². The molecule has 1 aliphatic rings. The Bertz CT molecular complexity index is 237. The third-order valence-electron chi connectivity index (χ3n) is 1.82. The molecule has 106 valence electrons. The Labute approximate surface area is 102 Å². The van der Waals surface area contributed by atoms with Gasteiger partial charge in [0.25, 0.3) is 0 Å². The fourth-order valence-electron chi connectivity index (χ4n) is 1.33. The normalized spacial score (nSPS) is 14.0. The van der Waals surface area contributed by atoms with Gasteiger partial charge in [-0.15, -0.1) is 0 Å². The second kappa shape index (κ2) is 11.3. The van der Waals surface area contributed by atoms with E-state index in [0.717, 1.165) is 25.7 Å². The minimum absolute atomic E-state index is 0.0220. The number of hydrogen-bond acceptors (Lipinski definition) is 4. The van der Waals surface area contributed by atoms with Crippen LogP contribution < -0.4 is 0 Å². The number of rotatable bonds is 1. The van der Waals surface area contributed by atoms with Gasteiger partial charge in [0.05, 0.1) is 0 Å². The van der Waals surface area contributed by atoms with Crippen molar-refractivity contribution in [3.8, 4) is 0 Å². The van der Waals surface area contributed by atoms with Gasteiger partial charge in [0.2, 0.25) is 0 Å². The Balaban J connectivity index is 0. The van der Waals surface area contributed by atoms with Crippen LogP contribution in [0.2, 0.25) is 0 Å². The molecule has 1 aliphatic carbocycles. The topological polar surface area (TPSA) is 162 Å². The maximum absolute atomic E-state index is 10.0. The zero-order valence-corrected chi connectivity index (χ0v) is 9.48. The molecule has 0 radical (unpaired) electrons. The maximum Gasteiger partial charge on any atom is 0.506 e. The Morgan fingerprint density at radius 3 is 1.39 bits per heavy atom. The predicted molar refractivity (Wildman–Crippen MR) is 57.3 cm³/mol. The lowest BCUT2D eigenvalue weighted by atomic mass is 9.98. The summed E-state index contributed by atoms with van der Waals surface area (Å²) in [4.78, 5) is 27.2. The molecule has 0 aliphatic heterocycles. The molecule has 1 fully saturated rings. The quantitative estimate of drug-likeness (QED) is 0.449. The zero-order chi connectivity index (χ0) is 14.6. The third-order valence-corrected chi connectivity index (χ3v) is 1.82. The summed E-state index contributed by atoms with van der Waals surface area (Å²) in [7, 11) is 0. The monoisotopic (exact) mass is 268 g/mol. The highest BCUT2D eigenvalue weighted by molar-refractivity contribution is 5.57. The van der Waals surface area contributed by atoms with E-state index in [0.29, 0.717) is 0 Å². The van der Waals surface area contributed by atoms with Crippen LogP contribution in [0.15, 0.2) is 0 Å². The Hall–Kier alpha value is -2.19. The SMILES string of the molecule is O=C(O)O.O=C(O)O.O=C(O)OC1CCCCC1. The third kappa shape index (κ3) is 23.5. The Kier molecular flexibility index (Phi) is 11.4. The minimum Gasteiger partial charge on any atom is -0.450 e. The summed E-state index contributed by atoms with van der Waals surface area (Å²) in [5.41, 5.74) is 0. The molecule has 0 amide bonds. The van der Waals surface area contributed by atoms with Crippen molar-refractivity contribution in [1.29, 1.82) is 0 Å². The standard InChI is InChI=1S/C7H12O3.2CH2O3/c8-7(9)10-6-4-2-1-3-5-6;2*2-1(3)4/h6H,1-5H2,(H,8,9);2*(H2,2,3,4). The summed E-state index contributed by atoms with van der Waals surface area (Å²) in [5, 5.41) is 36.1. The molecule has 1 rings (SSSR count). The molecule has 0 saturated heterocycles. The van der Waals surface area contributed by atoms with Crippen LogP contribution >= 0.6 is 0 Å². The van der Waals surface area contributed by atoms with Crippen molar-refractivity contribution in [2.45, 2.75) is 38.2 Å². The van der Waals surface area contributed by atoms with Crippen LogP contribution in [0.3, 0.4) is 0 Å². The van der Waals surface area contributed by atoms with E-state index in [2.05, 4.69) is 4.74 Å². The van der Waals surface area contributed by atoms with Gasteiger partial charge < -0.3 is 30.3 Å². The Morgan fingerprint density at radius 1 is 0.778 bits per heavy atom. The summed E-state index contributed by atoms with van der Waals surface area (Å²) in [6.45, 7) is 0. The lowest BCUT2D eigenvalue weighted by Gasteiger charge is -2.19. The molecular formula is C9H16O9. The molecule has 0 heterocycles. The van der Waals surface area contributed by atoms with Gasteiger partial charge >= 0.3 is 18.5 Å². The molecule has 5 N–H and O–H groups in total. The molecule has 0 unspecified atom stereocenters. The molecule has 0 atom stereocenters. The smallest absolute Gasteiger partial charge is 0.450 e. The fraction of sp³-hybridized carbons (Fsp3) is 0.667. The molecule has 18 heavy (non-hydrogen) atoms. The van der Waals surface area contributed by atoms with Crippen LogP contribution in [0.1, 0.15) is 32.1 Å². The van der Waals surface area contributed by atoms with Crippen molar-refractivity contribution < 1.29 is 44.7 Å². The second-order valence-corrected chi connectivity index (χ2v) is 3.21. The number of carboxylic acid groups (broad SMARTS) is 5. The van der Waals surface area contributed by atoms with E-state index in [1.165, 1.54) is 6.42 Å². The van der Waals surface area contributed by atoms with E-state index in [9.17, 15) is 4.79 Å². The molecule has 9 nitrogen and oxygen atoms in total. The lowest BCUT2D eigenvalue weighted by Crippen LogP contribution is -2.19. The van der Waals surface area contributed by atoms with Crippen molar-refractivity contribution in [3.05, 3.63) is 0 Å². The van der Waals surface area contributed by atoms with Crippen LogP contribution in [0.4, 0.5) is 14.4 Å². The summed E-state index contributed by atoms with van der Waals surface area (Å²) in [5.74, 6) is 0. The lowest BCUT2D eigenvalue weighted by molar-refractivity contribution is 0.0358. The van der Waals surface area contributed by atoms with Crippen LogP contribution in [0.5, 0.6) is 0 Å². The molecule has 0 bridgehead atoms. The van der Waals surface area contributed by atoms with Crippen LogP contribution in [0.25, 0.3) is 0 Å². The van der Waals surface area contributed by atoms with Crippen molar-refractivity contribution in [3.63, 3.8) is 0 Å². The van der Waals surface area contributed by atoms with Crippen LogP contribution in [-0.4, -0.2) is 50.1 Å². The summed E-state index contributed by atoms with van der Waals surface area (Å²) < 4.78 is 4.61. The number of ether oxygens (including phenoxy) is 1. The predicted octanol–water partition coefficient (Wildman–Crippen LogP) is 2.46. The van der Waals surface area contributed by atoms with Gasteiger partial charge in [-0.05, 0) is 25.7 Å². The van der Waals surface area contributed by atoms with E-state index in [4.69, 9.17) is 35.1 Å². The number of hydrogen-bond donors (Lipinski definition) is 5. The van der Waals surface area contributed by atoms with Crippen molar-refractivity contribution in [2.75, 3.05) is 0 Å². The average Bonchev–Trinajstić information content (AvgIpc) is 2.16. The summed E-state index contributed by atoms with van der Waals surface area (Å²) in [6.07, 6.45) is 0.437. The van der Waals surface area contributed by atoms with Gasteiger partial charge in [-0.1, -0.05) is 6.42 Å². The van der Waals surface area contributed by atoms with E-state index in [-0.39, 0.29) is 6.10 Å². The zero-order valence-electron chi connectivity index (χ0n) is 9.48. The minimum atomic E-state index is -1.83. The molecule has 9 heteroatoms. The van der Waals surface area contributed by atoms with Crippen molar-refractivity contribution in [1.82, 2.24) is 0 Å². The van der Waals surface area contributed by atoms with E-state index in [1.54, 1.807) is 0 Å². The van der Waals surface area contributed by atoms with Gasteiger partial charge in [0.1, 0.15) is 6.10 Å². The van der Waals surface area contributed by atoms with Gasteiger partial charge in [-0.3, -0.25) is 0 Å². The maximum atomic E-state index is 10.0. The summed E-state index contributed by atoms with van der Waals surface area (Å²) in [6, 6.07) is 0. The van der Waals surface area contributed by atoms with Crippen molar-refractivity contribution in [2.24, 2.45) is 0 Å². The van der Waals surface area contributed by atoms with E-state index >= 15 is 0 Å². The van der Waals surface area contributed by atoms with Crippen LogP contribution in [-0.2, 0) is 4.74 Å². The highest BCUT2D eigenvalue weighted by Crippen LogP contribution is 2.19. The summed E-state index contributed by atoms with van der Waals surface area (Å²) >= 11 is 0.